The first-order valence-electron chi connectivity index (χ1n) is 12.9. The molecule has 1 amide bonds. The number of pyridine rings is 1. The van der Waals surface area contributed by atoms with E-state index in [1.54, 1.807) is 21.6 Å². The van der Waals surface area contributed by atoms with Crippen molar-refractivity contribution in [3.8, 4) is 0 Å². The Labute approximate surface area is 225 Å². The standard InChI is InChI=1S/C28H29N5O2S2/c1-19-8-7-13-32-24(19)29-25(31-16-14-30(15-17-31)20-9-3-2-4-10-20)22(26(32)34)18-23-27(35)33(28(36)37-23)21-11-5-6-12-21/h2-4,7-10,13,18,21H,5-6,11-12,14-17H2,1H3/b23-18-. The lowest BCUT2D eigenvalue weighted by molar-refractivity contribution is -0.123. The van der Waals surface area contributed by atoms with E-state index >= 15 is 0 Å². The number of thioether (sulfide) groups is 1. The maximum atomic E-state index is 13.8. The lowest BCUT2D eigenvalue weighted by atomic mass is 10.1. The first-order chi connectivity index (χ1) is 18.0. The molecule has 3 aromatic rings. The second-order valence-electron chi connectivity index (χ2n) is 9.84. The van der Waals surface area contributed by atoms with Gasteiger partial charge in [-0.1, -0.05) is 61.1 Å². The van der Waals surface area contributed by atoms with Crippen molar-refractivity contribution >= 4 is 57.4 Å². The monoisotopic (exact) mass is 531 g/mol. The molecule has 2 aromatic heterocycles. The van der Waals surface area contributed by atoms with E-state index < -0.39 is 0 Å². The molecule has 1 aromatic carbocycles. The number of para-hydroxylation sites is 1. The third kappa shape index (κ3) is 4.44. The molecule has 0 bridgehead atoms. The van der Waals surface area contributed by atoms with Gasteiger partial charge in [0.15, 0.2) is 0 Å². The van der Waals surface area contributed by atoms with Crippen LogP contribution in [0.3, 0.4) is 0 Å². The second kappa shape index (κ2) is 9.95. The van der Waals surface area contributed by atoms with Crippen molar-refractivity contribution in [1.82, 2.24) is 14.3 Å². The second-order valence-corrected chi connectivity index (χ2v) is 11.5. The van der Waals surface area contributed by atoms with Crippen LogP contribution in [0.4, 0.5) is 11.5 Å². The van der Waals surface area contributed by atoms with Crippen molar-refractivity contribution < 1.29 is 4.79 Å². The van der Waals surface area contributed by atoms with Crippen LogP contribution in [0.15, 0.2) is 58.4 Å². The number of fused-ring (bicyclic) bond motifs is 1. The van der Waals surface area contributed by atoms with Crippen LogP contribution in [0.25, 0.3) is 11.7 Å². The third-order valence-corrected chi connectivity index (χ3v) is 8.88. The van der Waals surface area contributed by atoms with E-state index in [2.05, 4.69) is 34.1 Å². The molecule has 3 aliphatic rings. The van der Waals surface area contributed by atoms with Gasteiger partial charge in [-0.05, 0) is 49.6 Å². The Hall–Kier alpha value is -3.17. The molecule has 9 heteroatoms. The Bertz CT molecular complexity index is 1450. The van der Waals surface area contributed by atoms with Gasteiger partial charge >= 0.3 is 0 Å². The van der Waals surface area contributed by atoms with Gasteiger partial charge in [0.25, 0.3) is 11.5 Å². The summed E-state index contributed by atoms with van der Waals surface area (Å²) in [7, 11) is 0. The molecule has 0 radical (unpaired) electrons. The Kier molecular flexibility index (Phi) is 6.50. The summed E-state index contributed by atoms with van der Waals surface area (Å²) >= 11 is 6.90. The maximum Gasteiger partial charge on any atom is 0.267 e. The summed E-state index contributed by atoms with van der Waals surface area (Å²) in [5.74, 6) is 0.550. The molecule has 7 nitrogen and oxygen atoms in total. The summed E-state index contributed by atoms with van der Waals surface area (Å²) in [6.45, 7) is 5.07. The molecule has 1 aliphatic carbocycles. The number of hydrogen-bond acceptors (Lipinski definition) is 7. The number of aryl methyl sites for hydroxylation is 1. The fraction of sp³-hybridized carbons (Fsp3) is 0.357. The van der Waals surface area contributed by atoms with Crippen molar-refractivity contribution in [2.24, 2.45) is 0 Å². The number of rotatable bonds is 4. The maximum absolute atomic E-state index is 13.8. The highest BCUT2D eigenvalue weighted by Gasteiger charge is 2.38. The van der Waals surface area contributed by atoms with E-state index in [0.717, 1.165) is 57.4 Å². The summed E-state index contributed by atoms with van der Waals surface area (Å²) in [5.41, 5.74) is 3.05. The van der Waals surface area contributed by atoms with Gasteiger partial charge in [0, 0.05) is 44.1 Å². The Balaban J connectivity index is 1.38. The zero-order valence-electron chi connectivity index (χ0n) is 20.8. The number of nitrogens with zero attached hydrogens (tertiary/aromatic N) is 5. The molecule has 2 aliphatic heterocycles. The van der Waals surface area contributed by atoms with E-state index in [4.69, 9.17) is 17.2 Å². The summed E-state index contributed by atoms with van der Waals surface area (Å²) in [6, 6.07) is 14.4. The number of hydrogen-bond donors (Lipinski definition) is 0. The van der Waals surface area contributed by atoms with Crippen molar-refractivity contribution in [3.05, 3.63) is 75.0 Å². The van der Waals surface area contributed by atoms with Gasteiger partial charge in [-0.15, -0.1) is 0 Å². The van der Waals surface area contributed by atoms with Gasteiger partial charge in [0.2, 0.25) is 0 Å². The van der Waals surface area contributed by atoms with E-state index in [0.29, 0.717) is 26.3 Å². The molecular formula is C28H29N5O2S2. The van der Waals surface area contributed by atoms with Crippen LogP contribution in [0, 0.1) is 6.92 Å². The zero-order valence-corrected chi connectivity index (χ0v) is 22.4. The highest BCUT2D eigenvalue weighted by Crippen LogP contribution is 2.38. The molecule has 37 heavy (non-hydrogen) atoms. The predicted molar refractivity (Wildman–Crippen MR) is 154 cm³/mol. The van der Waals surface area contributed by atoms with Gasteiger partial charge in [-0.3, -0.25) is 18.9 Å². The Morgan fingerprint density at radius 3 is 2.41 bits per heavy atom. The zero-order chi connectivity index (χ0) is 25.5. The fourth-order valence-electron chi connectivity index (χ4n) is 5.57. The van der Waals surface area contributed by atoms with E-state index in [1.165, 1.54) is 17.4 Å². The van der Waals surface area contributed by atoms with Crippen molar-refractivity contribution in [1.29, 1.82) is 0 Å². The number of carbonyl (C=O) groups is 1. The fourth-order valence-corrected chi connectivity index (χ4v) is 6.95. The lowest BCUT2D eigenvalue weighted by Crippen LogP contribution is -2.47. The average Bonchev–Trinajstić information content (AvgIpc) is 3.54. The van der Waals surface area contributed by atoms with Gasteiger partial charge < -0.3 is 9.80 Å². The molecule has 190 valence electrons. The lowest BCUT2D eigenvalue weighted by Gasteiger charge is -2.37. The van der Waals surface area contributed by atoms with Crippen LogP contribution in [0.1, 0.15) is 36.8 Å². The highest BCUT2D eigenvalue weighted by atomic mass is 32.2. The SMILES string of the molecule is Cc1cccn2c(=O)c(/C=C3\SC(=S)N(C4CCCC4)C3=O)c(N3CCN(c4ccccc4)CC3)nc12. The minimum absolute atomic E-state index is 0.0875. The number of thiocarbonyl (C=S) groups is 1. The largest absolute Gasteiger partial charge is 0.368 e. The van der Waals surface area contributed by atoms with Gasteiger partial charge in [-0.25, -0.2) is 4.98 Å². The summed E-state index contributed by atoms with van der Waals surface area (Å²) in [4.78, 5) is 39.0. The molecule has 0 N–H and O–H groups in total. The van der Waals surface area contributed by atoms with E-state index in [1.807, 2.05) is 25.1 Å². The summed E-state index contributed by atoms with van der Waals surface area (Å²) < 4.78 is 2.17. The minimum atomic E-state index is -0.166. The Morgan fingerprint density at radius 1 is 0.973 bits per heavy atom. The van der Waals surface area contributed by atoms with Crippen LogP contribution in [-0.4, -0.2) is 56.7 Å². The van der Waals surface area contributed by atoms with E-state index in [9.17, 15) is 9.59 Å². The molecule has 1 saturated carbocycles. The highest BCUT2D eigenvalue weighted by molar-refractivity contribution is 8.26. The van der Waals surface area contributed by atoms with Gasteiger partial charge in [0.05, 0.1) is 10.5 Å². The first kappa shape index (κ1) is 24.2. The quantitative estimate of drug-likeness (QED) is 0.364. The summed E-state index contributed by atoms with van der Waals surface area (Å²) in [5, 5.41) is 0. The van der Waals surface area contributed by atoms with Gasteiger partial charge in [0.1, 0.15) is 15.8 Å². The molecule has 4 heterocycles. The molecule has 2 saturated heterocycles. The van der Waals surface area contributed by atoms with Crippen molar-refractivity contribution in [3.63, 3.8) is 0 Å². The minimum Gasteiger partial charge on any atom is -0.368 e. The normalized spacial score (nSPS) is 20.1. The smallest absolute Gasteiger partial charge is 0.267 e. The van der Waals surface area contributed by atoms with Crippen molar-refractivity contribution in [2.75, 3.05) is 36.0 Å². The topological polar surface area (TPSA) is 61.2 Å². The number of amides is 1. The predicted octanol–water partition coefficient (Wildman–Crippen LogP) is 4.47. The number of benzene rings is 1. The Morgan fingerprint density at radius 2 is 1.68 bits per heavy atom. The number of carbonyl (C=O) groups excluding carboxylic acids is 1. The average molecular weight is 532 g/mol. The number of anilines is 2. The van der Waals surface area contributed by atoms with Crippen LogP contribution in [-0.2, 0) is 4.79 Å². The van der Waals surface area contributed by atoms with Crippen LogP contribution in [0.2, 0.25) is 0 Å². The molecule has 0 spiro atoms. The van der Waals surface area contributed by atoms with Gasteiger partial charge in [-0.2, -0.15) is 0 Å². The molecule has 0 unspecified atom stereocenters. The number of aromatic nitrogens is 2. The first-order valence-corrected chi connectivity index (χ1v) is 14.1. The third-order valence-electron chi connectivity index (χ3n) is 7.55. The molecule has 3 fully saturated rings. The number of piperazine rings is 1. The van der Waals surface area contributed by atoms with Crippen LogP contribution < -0.4 is 15.4 Å². The van der Waals surface area contributed by atoms with Crippen LogP contribution in [0.5, 0.6) is 0 Å². The van der Waals surface area contributed by atoms with E-state index in [-0.39, 0.29) is 17.5 Å². The van der Waals surface area contributed by atoms with Crippen molar-refractivity contribution in [2.45, 2.75) is 38.6 Å². The summed E-state index contributed by atoms with van der Waals surface area (Å²) in [6.07, 6.45) is 7.68. The molecular weight excluding hydrogens is 502 g/mol. The van der Waals surface area contributed by atoms with Crippen LogP contribution >= 0.6 is 24.0 Å². The molecule has 6 rings (SSSR count). The molecule has 0 atom stereocenters.